The fourth-order valence-electron chi connectivity index (χ4n) is 4.76. The predicted molar refractivity (Wildman–Crippen MR) is 199 cm³/mol. The van der Waals surface area contributed by atoms with Gasteiger partial charge in [-0.1, -0.05) is 138 Å². The number of rotatable bonds is 9. The molecule has 0 spiro atoms. The van der Waals surface area contributed by atoms with Gasteiger partial charge in [-0.2, -0.15) is 0 Å². The molecule has 3 aromatic rings. The molecule has 3 aromatic carbocycles. The van der Waals surface area contributed by atoms with Crippen LogP contribution in [0, 0.1) is 32.6 Å². The van der Waals surface area contributed by atoms with E-state index >= 15 is 0 Å². The molecule has 1 atom stereocenters. The summed E-state index contributed by atoms with van der Waals surface area (Å²) < 4.78 is 0. The van der Waals surface area contributed by atoms with Gasteiger partial charge >= 0.3 is 0 Å². The standard InChI is InChI=1S/C27H31N.C10H12.2C2H6.C2H2/c1-7-19(3)21(5)27-22(6)26(28-17-23-14-12-18(2)13-15-23)16-25(27)24-11-9-8-10-20(24)4;1-2-3-7-10-8-5-4-6-9-10;3*1-2/h7-16,22,28H,1,17H2,2-6H3;2,4-6,8-9H,1,3,7H2;2*1-2H3;1-2H/b21-19+;;;;. The molecule has 1 aliphatic carbocycles. The summed E-state index contributed by atoms with van der Waals surface area (Å²) in [6, 6.07) is 27.9. The average Bonchev–Trinajstić information content (AvgIpc) is 3.41. The molecule has 1 N–H and O–H groups in total. The van der Waals surface area contributed by atoms with Gasteiger partial charge in [-0.05, 0) is 91.2 Å². The number of benzene rings is 3. The number of terminal acetylenes is 1. The van der Waals surface area contributed by atoms with E-state index in [9.17, 15) is 0 Å². The first-order valence-electron chi connectivity index (χ1n) is 15.9. The van der Waals surface area contributed by atoms with Crippen LogP contribution in [0.5, 0.6) is 0 Å². The van der Waals surface area contributed by atoms with Gasteiger partial charge in [-0.25, -0.2) is 0 Å². The molecule has 0 aromatic heterocycles. The minimum Gasteiger partial charge on any atom is -0.384 e. The molecular formula is C43H57N. The van der Waals surface area contributed by atoms with E-state index in [0.717, 1.165) is 19.4 Å². The van der Waals surface area contributed by atoms with Crippen molar-refractivity contribution in [2.24, 2.45) is 5.92 Å². The Kier molecular flexibility index (Phi) is 21.0. The highest BCUT2D eigenvalue weighted by atomic mass is 14.9. The van der Waals surface area contributed by atoms with Crippen molar-refractivity contribution < 1.29 is 0 Å². The zero-order valence-electron chi connectivity index (χ0n) is 29.0. The average molecular weight is 588 g/mol. The molecule has 4 rings (SSSR count). The molecule has 234 valence electrons. The summed E-state index contributed by atoms with van der Waals surface area (Å²) in [5, 5.41) is 3.70. The van der Waals surface area contributed by atoms with Gasteiger partial charge in [0.1, 0.15) is 0 Å². The van der Waals surface area contributed by atoms with Crippen LogP contribution in [0.25, 0.3) is 5.57 Å². The summed E-state index contributed by atoms with van der Waals surface area (Å²) in [5.74, 6) is 0.329. The Morgan fingerprint density at radius 2 is 1.36 bits per heavy atom. The van der Waals surface area contributed by atoms with Gasteiger partial charge in [0.15, 0.2) is 0 Å². The molecule has 0 saturated carbocycles. The zero-order chi connectivity index (χ0) is 33.5. The second kappa shape index (κ2) is 23.2. The first-order chi connectivity index (χ1) is 21.3. The van der Waals surface area contributed by atoms with E-state index in [2.05, 4.69) is 145 Å². The van der Waals surface area contributed by atoms with Crippen molar-refractivity contribution in [2.75, 3.05) is 0 Å². The Morgan fingerprint density at radius 3 is 1.91 bits per heavy atom. The summed E-state index contributed by atoms with van der Waals surface area (Å²) in [7, 11) is 0. The number of allylic oxidation sites excluding steroid dienone is 7. The Hall–Kier alpha value is -4.28. The number of hydrogen-bond acceptors (Lipinski definition) is 1. The number of nitrogens with one attached hydrogen (secondary N) is 1. The second-order valence-electron chi connectivity index (χ2n) is 10.1. The molecule has 0 fully saturated rings. The largest absolute Gasteiger partial charge is 0.384 e. The highest BCUT2D eigenvalue weighted by Crippen LogP contribution is 2.41. The molecule has 0 bridgehead atoms. The molecule has 0 heterocycles. The molecule has 1 aliphatic rings. The third-order valence-electron chi connectivity index (χ3n) is 7.32. The van der Waals surface area contributed by atoms with Gasteiger partial charge in [0.2, 0.25) is 0 Å². The molecule has 0 radical (unpaired) electrons. The highest BCUT2D eigenvalue weighted by molar-refractivity contribution is 5.85. The van der Waals surface area contributed by atoms with Gasteiger partial charge in [0, 0.05) is 18.2 Å². The molecule has 0 saturated heterocycles. The lowest BCUT2D eigenvalue weighted by Gasteiger charge is -2.19. The van der Waals surface area contributed by atoms with Crippen molar-refractivity contribution in [2.45, 2.75) is 81.7 Å². The van der Waals surface area contributed by atoms with Crippen LogP contribution in [0.1, 0.15) is 82.7 Å². The van der Waals surface area contributed by atoms with Gasteiger partial charge in [0.05, 0.1) is 0 Å². The maximum atomic E-state index is 4.00. The normalized spacial score (nSPS) is 13.4. The monoisotopic (exact) mass is 587 g/mol. The van der Waals surface area contributed by atoms with E-state index < -0.39 is 0 Å². The van der Waals surface area contributed by atoms with Crippen molar-refractivity contribution in [3.63, 3.8) is 0 Å². The summed E-state index contributed by atoms with van der Waals surface area (Å²) in [4.78, 5) is 0. The van der Waals surface area contributed by atoms with Crippen LogP contribution in [0.2, 0.25) is 0 Å². The van der Waals surface area contributed by atoms with Gasteiger partial charge in [-0.15, -0.1) is 19.4 Å². The lowest BCUT2D eigenvalue weighted by molar-refractivity contribution is 0.688. The van der Waals surface area contributed by atoms with E-state index in [1.807, 2.05) is 45.9 Å². The molecule has 44 heavy (non-hydrogen) atoms. The Balaban J connectivity index is 0.000000963. The van der Waals surface area contributed by atoms with Crippen LogP contribution in [0.15, 0.2) is 133 Å². The van der Waals surface area contributed by atoms with Crippen molar-refractivity contribution in [3.8, 4) is 12.8 Å². The van der Waals surface area contributed by atoms with Crippen LogP contribution < -0.4 is 5.32 Å². The molecule has 1 nitrogen and oxygen atoms in total. The zero-order valence-corrected chi connectivity index (χ0v) is 29.0. The van der Waals surface area contributed by atoms with E-state index in [0.29, 0.717) is 5.92 Å². The Bertz CT molecular complexity index is 1360. The quantitative estimate of drug-likeness (QED) is 0.149. The smallest absolute Gasteiger partial charge is 0.0398 e. The van der Waals surface area contributed by atoms with E-state index in [-0.39, 0.29) is 0 Å². The van der Waals surface area contributed by atoms with Crippen molar-refractivity contribution in [1.29, 1.82) is 0 Å². The lowest BCUT2D eigenvalue weighted by Crippen LogP contribution is -2.18. The van der Waals surface area contributed by atoms with E-state index in [1.165, 1.54) is 55.8 Å². The first-order valence-corrected chi connectivity index (χ1v) is 15.9. The molecule has 0 amide bonds. The van der Waals surface area contributed by atoms with Gasteiger partial charge < -0.3 is 5.32 Å². The minimum absolute atomic E-state index is 0.329. The maximum Gasteiger partial charge on any atom is 0.0398 e. The molecule has 1 unspecified atom stereocenters. The minimum atomic E-state index is 0.329. The second-order valence-corrected chi connectivity index (χ2v) is 10.1. The van der Waals surface area contributed by atoms with Crippen LogP contribution in [0.3, 0.4) is 0 Å². The number of aryl methyl sites for hydroxylation is 3. The van der Waals surface area contributed by atoms with Gasteiger partial charge in [0.25, 0.3) is 0 Å². The molecular weight excluding hydrogens is 530 g/mol. The van der Waals surface area contributed by atoms with Crippen LogP contribution >= 0.6 is 0 Å². The third kappa shape index (κ3) is 12.5. The summed E-state index contributed by atoms with van der Waals surface area (Å²) in [5.41, 5.74) is 13.2. The third-order valence-corrected chi connectivity index (χ3v) is 7.32. The molecule has 0 aliphatic heterocycles. The van der Waals surface area contributed by atoms with Crippen molar-refractivity contribution >= 4 is 5.57 Å². The first kappa shape index (κ1) is 39.7. The van der Waals surface area contributed by atoms with Crippen molar-refractivity contribution in [1.82, 2.24) is 5.32 Å². The van der Waals surface area contributed by atoms with Crippen LogP contribution in [-0.2, 0) is 13.0 Å². The topological polar surface area (TPSA) is 12.0 Å². The van der Waals surface area contributed by atoms with E-state index in [1.54, 1.807) is 0 Å². The fraction of sp³-hybridized carbons (Fsp3) is 0.302. The van der Waals surface area contributed by atoms with Crippen molar-refractivity contribution in [3.05, 3.63) is 160 Å². The number of hydrogen-bond donors (Lipinski definition) is 1. The lowest BCUT2D eigenvalue weighted by atomic mass is 9.88. The predicted octanol–water partition coefficient (Wildman–Crippen LogP) is 12.0. The Morgan fingerprint density at radius 1 is 0.795 bits per heavy atom. The van der Waals surface area contributed by atoms with E-state index in [4.69, 9.17) is 0 Å². The summed E-state index contributed by atoms with van der Waals surface area (Å²) >= 11 is 0. The summed E-state index contributed by atoms with van der Waals surface area (Å²) in [6.45, 7) is 27.5. The summed E-state index contributed by atoms with van der Waals surface area (Å²) in [6.07, 6.45) is 16.4. The SMILES string of the molecule is C#C.C=C/C(C)=C(\C)C1=C(c2ccccc2C)C=C(NCc2ccc(C)cc2)C1C.C=CCCc1ccccc1.CC.CC. The van der Waals surface area contributed by atoms with Crippen LogP contribution in [0.4, 0.5) is 0 Å². The fourth-order valence-corrected chi connectivity index (χ4v) is 4.76. The Labute approximate surface area is 271 Å². The van der Waals surface area contributed by atoms with Gasteiger partial charge in [-0.3, -0.25) is 0 Å². The maximum absolute atomic E-state index is 4.00. The molecule has 1 heteroatoms. The highest BCUT2D eigenvalue weighted by Gasteiger charge is 2.27. The van der Waals surface area contributed by atoms with Crippen LogP contribution in [-0.4, -0.2) is 0 Å².